The number of nitrogen functional groups attached to an aromatic ring is 1. The van der Waals surface area contributed by atoms with Crippen molar-refractivity contribution in [2.75, 3.05) is 10.5 Å². The maximum Gasteiger partial charge on any atom is 0.433 e. The monoisotopic (exact) mass is 318 g/mol. The smallest absolute Gasteiger partial charge is 0.396 e. The number of nitrogens with one attached hydrogen (secondary N) is 1. The molecule has 2 aromatic heterocycles. The van der Waals surface area contributed by atoms with Crippen molar-refractivity contribution in [2.24, 2.45) is 0 Å². The average Bonchev–Trinajstić information content (AvgIpc) is 2.38. The Kier molecular flexibility index (Phi) is 3.73. The van der Waals surface area contributed by atoms with Gasteiger partial charge >= 0.3 is 6.18 Å². The molecule has 2 heterocycles. The first-order valence-electron chi connectivity index (χ1n) is 5.47. The van der Waals surface area contributed by atoms with E-state index in [0.29, 0.717) is 6.07 Å². The maximum absolute atomic E-state index is 12.3. The summed E-state index contributed by atoms with van der Waals surface area (Å²) in [6.45, 7) is 0. The molecular weight excluding hydrogens is 309 g/mol. The molecule has 0 saturated heterocycles. The first kappa shape index (κ1) is 15.0. The molecule has 6 nitrogen and oxygen atoms in total. The van der Waals surface area contributed by atoms with Gasteiger partial charge in [-0.2, -0.15) is 21.6 Å². The van der Waals surface area contributed by atoms with Gasteiger partial charge in [0, 0.05) is 6.20 Å². The van der Waals surface area contributed by atoms with Crippen molar-refractivity contribution < 1.29 is 21.6 Å². The topological polar surface area (TPSA) is 98.0 Å². The molecule has 0 aliphatic heterocycles. The fourth-order valence-corrected chi connectivity index (χ4v) is 2.56. The summed E-state index contributed by atoms with van der Waals surface area (Å²) in [5.74, 6) is 0. The minimum atomic E-state index is -4.59. The zero-order valence-electron chi connectivity index (χ0n) is 10.3. The van der Waals surface area contributed by atoms with Crippen molar-refractivity contribution in [3.8, 4) is 0 Å². The Morgan fingerprint density at radius 3 is 2.38 bits per heavy atom. The van der Waals surface area contributed by atoms with Gasteiger partial charge in [0.1, 0.15) is 5.69 Å². The lowest BCUT2D eigenvalue weighted by molar-refractivity contribution is -0.141. The number of nitrogens with zero attached hydrogens (tertiary/aromatic N) is 2. The van der Waals surface area contributed by atoms with Gasteiger partial charge in [-0.3, -0.25) is 4.72 Å². The molecule has 0 aliphatic carbocycles. The molecule has 0 spiro atoms. The van der Waals surface area contributed by atoms with Crippen LogP contribution in [0, 0.1) is 0 Å². The van der Waals surface area contributed by atoms with Gasteiger partial charge in [0.05, 0.1) is 17.6 Å². The summed E-state index contributed by atoms with van der Waals surface area (Å²) in [6, 6.07) is 4.41. The highest BCUT2D eigenvalue weighted by atomic mass is 32.2. The second-order valence-electron chi connectivity index (χ2n) is 3.93. The zero-order valence-corrected chi connectivity index (χ0v) is 11.1. The highest BCUT2D eigenvalue weighted by molar-refractivity contribution is 7.92. The summed E-state index contributed by atoms with van der Waals surface area (Å²) in [5, 5.41) is -0.412. The van der Waals surface area contributed by atoms with E-state index in [1.807, 2.05) is 0 Å². The van der Waals surface area contributed by atoms with Gasteiger partial charge < -0.3 is 5.73 Å². The number of pyridine rings is 2. The molecule has 0 aromatic carbocycles. The molecule has 0 saturated carbocycles. The standard InChI is InChI=1S/C11H9F3N4O2S/c12-11(13,14)9-4-3-7(6-17-9)18-21(19,20)10-8(15)2-1-5-16-10/h1-6,18H,15H2. The number of nitrogens with two attached hydrogens (primary N) is 1. The van der Waals surface area contributed by atoms with Crippen LogP contribution in [0.3, 0.4) is 0 Å². The highest BCUT2D eigenvalue weighted by Crippen LogP contribution is 2.28. The number of aromatic nitrogens is 2. The van der Waals surface area contributed by atoms with Gasteiger partial charge in [-0.1, -0.05) is 0 Å². The van der Waals surface area contributed by atoms with Crippen LogP contribution >= 0.6 is 0 Å². The van der Waals surface area contributed by atoms with Gasteiger partial charge in [0.2, 0.25) is 0 Å². The number of halogens is 3. The van der Waals surface area contributed by atoms with Gasteiger partial charge in [0.25, 0.3) is 10.0 Å². The normalized spacial score (nSPS) is 12.1. The van der Waals surface area contributed by atoms with E-state index in [-0.39, 0.29) is 11.4 Å². The molecule has 0 fully saturated rings. The fraction of sp³-hybridized carbons (Fsp3) is 0.0909. The molecule has 0 unspecified atom stereocenters. The Morgan fingerprint density at radius 1 is 1.14 bits per heavy atom. The van der Waals surface area contributed by atoms with Crippen molar-refractivity contribution in [3.63, 3.8) is 0 Å². The number of sulfonamides is 1. The summed E-state index contributed by atoms with van der Waals surface area (Å²) in [5.41, 5.74) is 4.16. The molecule has 10 heteroatoms. The van der Waals surface area contributed by atoms with Crippen LogP contribution in [0.25, 0.3) is 0 Å². The maximum atomic E-state index is 12.3. The molecule has 0 radical (unpaired) electrons. The summed E-state index contributed by atoms with van der Waals surface area (Å²) >= 11 is 0. The quantitative estimate of drug-likeness (QED) is 0.900. The van der Waals surface area contributed by atoms with Crippen LogP contribution in [-0.2, 0) is 16.2 Å². The summed E-state index contributed by atoms with van der Waals surface area (Å²) in [7, 11) is -4.10. The lowest BCUT2D eigenvalue weighted by Gasteiger charge is -2.10. The number of hydrogen-bond donors (Lipinski definition) is 2. The minimum Gasteiger partial charge on any atom is -0.396 e. The number of rotatable bonds is 3. The predicted molar refractivity (Wildman–Crippen MR) is 68.7 cm³/mol. The van der Waals surface area contributed by atoms with E-state index in [4.69, 9.17) is 5.73 Å². The van der Waals surface area contributed by atoms with E-state index in [1.165, 1.54) is 18.3 Å². The van der Waals surface area contributed by atoms with Gasteiger partial charge in [-0.05, 0) is 24.3 Å². The second kappa shape index (κ2) is 5.20. The Hall–Kier alpha value is -2.36. The third-order valence-electron chi connectivity index (χ3n) is 2.36. The van der Waals surface area contributed by atoms with Crippen molar-refractivity contribution >= 4 is 21.4 Å². The van der Waals surface area contributed by atoms with Crippen LogP contribution in [0.5, 0.6) is 0 Å². The first-order valence-corrected chi connectivity index (χ1v) is 6.95. The Balaban J connectivity index is 2.28. The molecule has 2 aromatic rings. The van der Waals surface area contributed by atoms with E-state index in [2.05, 4.69) is 14.7 Å². The second-order valence-corrected chi connectivity index (χ2v) is 5.53. The molecule has 0 bridgehead atoms. The average molecular weight is 318 g/mol. The van der Waals surface area contributed by atoms with Gasteiger partial charge in [-0.15, -0.1) is 0 Å². The zero-order chi connectivity index (χ0) is 15.7. The van der Waals surface area contributed by atoms with Crippen LogP contribution in [0.15, 0.2) is 41.7 Å². The van der Waals surface area contributed by atoms with Crippen molar-refractivity contribution in [1.29, 1.82) is 0 Å². The van der Waals surface area contributed by atoms with E-state index < -0.39 is 26.9 Å². The van der Waals surface area contributed by atoms with Crippen LogP contribution in [0.2, 0.25) is 0 Å². The number of alkyl halides is 3. The molecule has 21 heavy (non-hydrogen) atoms. The number of hydrogen-bond acceptors (Lipinski definition) is 5. The Bertz CT molecular complexity index is 745. The van der Waals surface area contributed by atoms with E-state index in [0.717, 1.165) is 12.3 Å². The van der Waals surface area contributed by atoms with E-state index >= 15 is 0 Å². The Morgan fingerprint density at radius 2 is 1.86 bits per heavy atom. The molecule has 0 amide bonds. The summed E-state index contributed by atoms with van der Waals surface area (Å²) < 4.78 is 63.1. The third-order valence-corrected chi connectivity index (χ3v) is 3.72. The molecule has 0 aliphatic rings. The van der Waals surface area contributed by atoms with Crippen LogP contribution in [0.1, 0.15) is 5.69 Å². The lowest BCUT2D eigenvalue weighted by atomic mass is 10.3. The fourth-order valence-electron chi connectivity index (χ4n) is 1.45. The largest absolute Gasteiger partial charge is 0.433 e. The van der Waals surface area contributed by atoms with Crippen LogP contribution in [-0.4, -0.2) is 18.4 Å². The predicted octanol–water partition coefficient (Wildman–Crippen LogP) is 1.88. The lowest BCUT2D eigenvalue weighted by Crippen LogP contribution is -2.17. The summed E-state index contributed by atoms with van der Waals surface area (Å²) in [6.07, 6.45) is -2.60. The molecule has 0 atom stereocenters. The van der Waals surface area contributed by atoms with Crippen LogP contribution < -0.4 is 10.5 Å². The summed E-state index contributed by atoms with van der Waals surface area (Å²) in [4.78, 5) is 6.77. The molecule has 3 N–H and O–H groups in total. The third kappa shape index (κ3) is 3.40. The highest BCUT2D eigenvalue weighted by Gasteiger charge is 2.32. The van der Waals surface area contributed by atoms with Gasteiger partial charge in [0.15, 0.2) is 5.03 Å². The minimum absolute atomic E-state index is 0.0788. The molecular formula is C11H9F3N4O2S. The van der Waals surface area contributed by atoms with Crippen molar-refractivity contribution in [3.05, 3.63) is 42.4 Å². The van der Waals surface area contributed by atoms with E-state index in [1.54, 1.807) is 0 Å². The first-order chi connectivity index (χ1) is 9.70. The molecule has 2 rings (SSSR count). The SMILES string of the molecule is Nc1cccnc1S(=O)(=O)Nc1ccc(C(F)(F)F)nc1. The Labute approximate surface area is 117 Å². The van der Waals surface area contributed by atoms with Gasteiger partial charge in [-0.25, -0.2) is 9.97 Å². The van der Waals surface area contributed by atoms with E-state index in [9.17, 15) is 21.6 Å². The number of anilines is 2. The van der Waals surface area contributed by atoms with Crippen LogP contribution in [0.4, 0.5) is 24.5 Å². The van der Waals surface area contributed by atoms with Crippen molar-refractivity contribution in [2.45, 2.75) is 11.2 Å². The molecule has 112 valence electrons. The van der Waals surface area contributed by atoms with Crippen molar-refractivity contribution in [1.82, 2.24) is 9.97 Å².